The van der Waals surface area contributed by atoms with Gasteiger partial charge in [-0.15, -0.1) is 0 Å². The number of nitro groups is 1. The number of amides is 1. The first-order valence-electron chi connectivity index (χ1n) is 7.51. The highest BCUT2D eigenvalue weighted by Crippen LogP contribution is 2.26. The lowest BCUT2D eigenvalue weighted by Gasteiger charge is -2.11. The van der Waals surface area contributed by atoms with Gasteiger partial charge in [0, 0.05) is 17.8 Å². The van der Waals surface area contributed by atoms with E-state index >= 15 is 0 Å². The first-order chi connectivity index (χ1) is 12.1. The van der Waals surface area contributed by atoms with E-state index in [0.29, 0.717) is 22.7 Å². The minimum absolute atomic E-state index is 0.0363. The van der Waals surface area contributed by atoms with Crippen molar-refractivity contribution in [2.75, 3.05) is 5.32 Å². The van der Waals surface area contributed by atoms with Crippen molar-refractivity contribution in [1.82, 2.24) is 0 Å². The van der Waals surface area contributed by atoms with E-state index in [2.05, 4.69) is 5.32 Å². The van der Waals surface area contributed by atoms with Crippen LogP contribution in [-0.2, 0) is 0 Å². The van der Waals surface area contributed by atoms with Crippen LogP contribution < -0.4 is 10.1 Å². The molecule has 0 aliphatic heterocycles. The zero-order chi connectivity index (χ0) is 17.6. The topological polar surface area (TPSA) is 81.5 Å². The minimum atomic E-state index is -0.491. The largest absolute Gasteiger partial charge is 0.457 e. The fourth-order valence-corrected chi connectivity index (χ4v) is 2.22. The van der Waals surface area contributed by atoms with E-state index < -0.39 is 4.92 Å². The smallest absolute Gasteiger partial charge is 0.269 e. The van der Waals surface area contributed by atoms with Crippen molar-refractivity contribution in [3.05, 3.63) is 94.5 Å². The molecule has 0 atom stereocenters. The van der Waals surface area contributed by atoms with Gasteiger partial charge in [0.2, 0.25) is 0 Å². The Balaban J connectivity index is 1.79. The Bertz CT molecular complexity index is 893. The molecule has 0 fully saturated rings. The number of non-ortho nitro benzene ring substituents is 1. The minimum Gasteiger partial charge on any atom is -0.457 e. The average Bonchev–Trinajstić information content (AvgIpc) is 2.63. The van der Waals surface area contributed by atoms with Gasteiger partial charge in [-0.3, -0.25) is 14.9 Å². The van der Waals surface area contributed by atoms with Gasteiger partial charge in [0.1, 0.15) is 11.5 Å². The zero-order valence-electron chi connectivity index (χ0n) is 13.1. The molecule has 1 N–H and O–H groups in total. The summed E-state index contributed by atoms with van der Waals surface area (Å²) in [5.74, 6) is 0.687. The number of carbonyl (C=O) groups is 1. The van der Waals surface area contributed by atoms with Gasteiger partial charge in [0.05, 0.1) is 10.5 Å². The summed E-state index contributed by atoms with van der Waals surface area (Å²) in [6.45, 7) is 0. The van der Waals surface area contributed by atoms with E-state index in [4.69, 9.17) is 4.74 Å². The van der Waals surface area contributed by atoms with E-state index in [9.17, 15) is 14.9 Å². The van der Waals surface area contributed by atoms with Gasteiger partial charge in [-0.2, -0.15) is 0 Å². The molecule has 1 amide bonds. The number of anilines is 1. The van der Waals surface area contributed by atoms with Gasteiger partial charge in [-0.1, -0.05) is 30.3 Å². The Labute approximate surface area is 143 Å². The van der Waals surface area contributed by atoms with Crippen molar-refractivity contribution >= 4 is 17.3 Å². The normalized spacial score (nSPS) is 10.1. The van der Waals surface area contributed by atoms with Crippen LogP contribution in [-0.4, -0.2) is 10.8 Å². The Morgan fingerprint density at radius 1 is 0.880 bits per heavy atom. The van der Waals surface area contributed by atoms with Gasteiger partial charge in [0.25, 0.3) is 11.6 Å². The van der Waals surface area contributed by atoms with Crippen molar-refractivity contribution in [3.8, 4) is 11.5 Å². The maximum Gasteiger partial charge on any atom is 0.269 e. The van der Waals surface area contributed by atoms with E-state index in [-0.39, 0.29) is 11.6 Å². The van der Waals surface area contributed by atoms with E-state index in [1.807, 2.05) is 18.2 Å². The van der Waals surface area contributed by atoms with Crippen LogP contribution in [0.4, 0.5) is 11.4 Å². The number of hydrogen-bond donors (Lipinski definition) is 1. The van der Waals surface area contributed by atoms with Crippen LogP contribution in [0.25, 0.3) is 0 Å². The van der Waals surface area contributed by atoms with Gasteiger partial charge >= 0.3 is 0 Å². The fourth-order valence-electron chi connectivity index (χ4n) is 2.22. The molecule has 6 heteroatoms. The van der Waals surface area contributed by atoms with Crippen LogP contribution in [0.2, 0.25) is 0 Å². The van der Waals surface area contributed by atoms with Crippen LogP contribution in [0.5, 0.6) is 11.5 Å². The second kappa shape index (κ2) is 7.27. The number of nitro benzene ring substituents is 1. The van der Waals surface area contributed by atoms with Crippen molar-refractivity contribution < 1.29 is 14.5 Å². The molecule has 0 aliphatic rings. The molecule has 0 heterocycles. The Morgan fingerprint density at radius 2 is 1.52 bits per heavy atom. The first kappa shape index (κ1) is 16.2. The summed E-state index contributed by atoms with van der Waals surface area (Å²) in [4.78, 5) is 22.7. The third-order valence-corrected chi connectivity index (χ3v) is 3.44. The summed E-state index contributed by atoms with van der Waals surface area (Å²) >= 11 is 0. The standard InChI is InChI=1S/C19H14N2O4/c22-19(20-14-10-12-15(13-11-14)21(23)24)17-8-4-5-9-18(17)25-16-6-2-1-3-7-16/h1-13H,(H,20,22). The highest BCUT2D eigenvalue weighted by atomic mass is 16.6. The Kier molecular flexibility index (Phi) is 4.71. The van der Waals surface area contributed by atoms with Crippen LogP contribution in [0.1, 0.15) is 10.4 Å². The Morgan fingerprint density at radius 3 is 2.20 bits per heavy atom. The monoisotopic (exact) mass is 334 g/mol. The molecule has 3 rings (SSSR count). The lowest BCUT2D eigenvalue weighted by molar-refractivity contribution is -0.384. The van der Waals surface area contributed by atoms with Crippen molar-refractivity contribution in [1.29, 1.82) is 0 Å². The molecule has 0 bridgehead atoms. The van der Waals surface area contributed by atoms with Crippen molar-refractivity contribution in [2.45, 2.75) is 0 Å². The van der Waals surface area contributed by atoms with Crippen LogP contribution in [0, 0.1) is 10.1 Å². The molecule has 124 valence electrons. The number of rotatable bonds is 5. The molecule has 0 saturated heterocycles. The molecule has 3 aromatic rings. The lowest BCUT2D eigenvalue weighted by Crippen LogP contribution is -2.12. The number of nitrogens with one attached hydrogen (secondary N) is 1. The number of nitrogens with zero attached hydrogens (tertiary/aromatic N) is 1. The molecular weight excluding hydrogens is 320 g/mol. The second-order valence-electron chi connectivity index (χ2n) is 5.17. The van der Waals surface area contributed by atoms with Gasteiger partial charge in [0.15, 0.2) is 0 Å². The fraction of sp³-hybridized carbons (Fsp3) is 0. The predicted octanol–water partition coefficient (Wildman–Crippen LogP) is 4.64. The second-order valence-corrected chi connectivity index (χ2v) is 5.17. The summed E-state index contributed by atoms with van der Waals surface area (Å²) in [6, 6.07) is 21.7. The molecule has 3 aromatic carbocycles. The van der Waals surface area contributed by atoms with Crippen LogP contribution in [0.3, 0.4) is 0 Å². The van der Waals surface area contributed by atoms with E-state index in [1.54, 1.807) is 36.4 Å². The van der Waals surface area contributed by atoms with Crippen LogP contribution in [0.15, 0.2) is 78.9 Å². The summed E-state index contributed by atoms with van der Waals surface area (Å²) in [6.07, 6.45) is 0. The van der Waals surface area contributed by atoms with Crippen LogP contribution >= 0.6 is 0 Å². The van der Waals surface area contributed by atoms with Crippen molar-refractivity contribution in [3.63, 3.8) is 0 Å². The van der Waals surface area contributed by atoms with E-state index in [0.717, 1.165) is 0 Å². The zero-order valence-corrected chi connectivity index (χ0v) is 13.1. The van der Waals surface area contributed by atoms with Gasteiger partial charge < -0.3 is 10.1 Å². The number of ether oxygens (including phenoxy) is 1. The van der Waals surface area contributed by atoms with E-state index in [1.165, 1.54) is 24.3 Å². The third kappa shape index (κ3) is 4.00. The quantitative estimate of drug-likeness (QED) is 0.544. The summed E-state index contributed by atoms with van der Waals surface area (Å²) < 4.78 is 5.77. The summed E-state index contributed by atoms with van der Waals surface area (Å²) in [7, 11) is 0. The number of carbonyl (C=O) groups excluding carboxylic acids is 1. The number of benzene rings is 3. The Hall–Kier alpha value is -3.67. The molecule has 6 nitrogen and oxygen atoms in total. The highest BCUT2D eigenvalue weighted by molar-refractivity contribution is 6.06. The van der Waals surface area contributed by atoms with Gasteiger partial charge in [-0.25, -0.2) is 0 Å². The number of para-hydroxylation sites is 2. The maximum absolute atomic E-state index is 12.5. The molecule has 0 aromatic heterocycles. The summed E-state index contributed by atoms with van der Waals surface area (Å²) in [5, 5.41) is 13.4. The highest BCUT2D eigenvalue weighted by Gasteiger charge is 2.13. The SMILES string of the molecule is O=C(Nc1ccc([N+](=O)[O-])cc1)c1ccccc1Oc1ccccc1. The maximum atomic E-state index is 12.5. The first-order valence-corrected chi connectivity index (χ1v) is 7.51. The average molecular weight is 334 g/mol. The predicted molar refractivity (Wildman–Crippen MR) is 94.0 cm³/mol. The van der Waals surface area contributed by atoms with Crippen molar-refractivity contribution in [2.24, 2.45) is 0 Å². The molecule has 0 aliphatic carbocycles. The molecule has 0 saturated carbocycles. The number of hydrogen-bond acceptors (Lipinski definition) is 4. The summed E-state index contributed by atoms with van der Waals surface area (Å²) in [5.41, 5.74) is 0.792. The lowest BCUT2D eigenvalue weighted by atomic mass is 10.1. The molecule has 0 spiro atoms. The molecule has 25 heavy (non-hydrogen) atoms. The van der Waals surface area contributed by atoms with Gasteiger partial charge in [-0.05, 0) is 36.4 Å². The third-order valence-electron chi connectivity index (χ3n) is 3.44. The molecule has 0 radical (unpaired) electrons. The molecular formula is C19H14N2O4. The molecule has 0 unspecified atom stereocenters.